The van der Waals surface area contributed by atoms with Crippen LogP contribution >= 0.6 is 23.3 Å². The molecule has 3 rings (SSSR count). The molecule has 0 aliphatic rings. The maximum Gasteiger partial charge on any atom is 0.200 e. The first kappa shape index (κ1) is 12.4. The highest BCUT2D eigenvalue weighted by molar-refractivity contribution is 8.00. The smallest absolute Gasteiger partial charge is 0.200 e. The van der Waals surface area contributed by atoms with Gasteiger partial charge >= 0.3 is 0 Å². The van der Waals surface area contributed by atoms with Crippen molar-refractivity contribution in [2.45, 2.75) is 29.9 Å². The molecule has 98 valence electrons. The van der Waals surface area contributed by atoms with Crippen LogP contribution in [0, 0.1) is 6.92 Å². The molecule has 3 aromatic heterocycles. The molecule has 0 fully saturated rings. The van der Waals surface area contributed by atoms with Crippen LogP contribution in [0.1, 0.15) is 12.7 Å². The van der Waals surface area contributed by atoms with Gasteiger partial charge in [-0.1, -0.05) is 0 Å². The topological polar surface area (TPSA) is 69.6 Å². The number of nitrogens with zero attached hydrogens (tertiary/aromatic N) is 5. The third-order valence-corrected chi connectivity index (χ3v) is 4.29. The summed E-state index contributed by atoms with van der Waals surface area (Å²) in [4.78, 5) is 4.32. The monoisotopic (exact) mass is 293 g/mol. The number of rotatable bonds is 4. The van der Waals surface area contributed by atoms with Gasteiger partial charge in [0, 0.05) is 6.54 Å². The molecule has 3 aromatic rings. The maximum atomic E-state index is 5.37. The van der Waals surface area contributed by atoms with Crippen LogP contribution in [0.4, 0.5) is 0 Å². The van der Waals surface area contributed by atoms with Crippen LogP contribution in [0.2, 0.25) is 0 Å². The molecular formula is C11H11N5OS2. The van der Waals surface area contributed by atoms with Gasteiger partial charge in [0.05, 0.1) is 6.26 Å². The van der Waals surface area contributed by atoms with Crippen LogP contribution in [-0.2, 0) is 6.54 Å². The quantitative estimate of drug-likeness (QED) is 0.736. The standard InChI is InChI=1S/C11H11N5OS2/c1-3-16-9(8-5-4-6-17-8)13-14-10(16)18-11-12-7(2)15-19-11/h4-6H,3H2,1-2H3. The highest BCUT2D eigenvalue weighted by Gasteiger charge is 2.16. The van der Waals surface area contributed by atoms with Gasteiger partial charge in [-0.2, -0.15) is 4.37 Å². The Kier molecular flexibility index (Phi) is 3.34. The fourth-order valence-electron chi connectivity index (χ4n) is 1.63. The van der Waals surface area contributed by atoms with E-state index in [4.69, 9.17) is 4.42 Å². The summed E-state index contributed by atoms with van der Waals surface area (Å²) in [5.41, 5.74) is 0. The minimum atomic E-state index is 0.717. The average Bonchev–Trinajstić information content (AvgIpc) is 3.10. The van der Waals surface area contributed by atoms with E-state index in [9.17, 15) is 0 Å². The van der Waals surface area contributed by atoms with Gasteiger partial charge < -0.3 is 4.42 Å². The Labute approximate surface area is 118 Å². The Morgan fingerprint density at radius 1 is 1.42 bits per heavy atom. The summed E-state index contributed by atoms with van der Waals surface area (Å²) in [5.74, 6) is 2.23. The van der Waals surface area contributed by atoms with Crippen LogP contribution in [-0.4, -0.2) is 24.1 Å². The first-order chi connectivity index (χ1) is 9.28. The normalized spacial score (nSPS) is 11.1. The predicted molar refractivity (Wildman–Crippen MR) is 72.2 cm³/mol. The van der Waals surface area contributed by atoms with E-state index in [1.54, 1.807) is 6.26 Å². The van der Waals surface area contributed by atoms with E-state index in [1.807, 2.05) is 30.5 Å². The highest BCUT2D eigenvalue weighted by Crippen LogP contribution is 2.30. The summed E-state index contributed by atoms with van der Waals surface area (Å²) in [6, 6.07) is 3.71. The van der Waals surface area contributed by atoms with Crippen molar-refractivity contribution in [3.63, 3.8) is 0 Å². The molecule has 0 N–H and O–H groups in total. The molecule has 3 heterocycles. The summed E-state index contributed by atoms with van der Waals surface area (Å²) in [5, 5.41) is 9.19. The zero-order valence-electron chi connectivity index (χ0n) is 10.4. The van der Waals surface area contributed by atoms with E-state index >= 15 is 0 Å². The lowest BCUT2D eigenvalue weighted by Crippen LogP contribution is -1.98. The summed E-state index contributed by atoms with van der Waals surface area (Å²) in [6.45, 7) is 4.69. The van der Waals surface area contributed by atoms with Gasteiger partial charge in [-0.3, -0.25) is 4.57 Å². The molecule has 0 aliphatic carbocycles. The van der Waals surface area contributed by atoms with Gasteiger partial charge in [-0.15, -0.1) is 10.2 Å². The van der Waals surface area contributed by atoms with Gasteiger partial charge in [0.1, 0.15) is 5.82 Å². The third kappa shape index (κ3) is 2.41. The van der Waals surface area contributed by atoms with Crippen LogP contribution in [0.25, 0.3) is 11.6 Å². The number of aromatic nitrogens is 5. The Morgan fingerprint density at radius 2 is 2.32 bits per heavy atom. The zero-order valence-corrected chi connectivity index (χ0v) is 12.0. The molecule has 0 aromatic carbocycles. The van der Waals surface area contributed by atoms with Crippen molar-refractivity contribution in [2.75, 3.05) is 0 Å². The first-order valence-corrected chi connectivity index (χ1v) is 7.32. The molecular weight excluding hydrogens is 282 g/mol. The molecule has 6 nitrogen and oxygen atoms in total. The lowest BCUT2D eigenvalue weighted by Gasteiger charge is -2.03. The first-order valence-electron chi connectivity index (χ1n) is 5.73. The van der Waals surface area contributed by atoms with E-state index in [0.717, 1.165) is 33.4 Å². The van der Waals surface area contributed by atoms with Crippen molar-refractivity contribution in [3.8, 4) is 11.6 Å². The maximum absolute atomic E-state index is 5.37. The van der Waals surface area contributed by atoms with Gasteiger partial charge in [-0.05, 0) is 49.3 Å². The second kappa shape index (κ2) is 5.14. The fraction of sp³-hybridized carbons (Fsp3) is 0.273. The van der Waals surface area contributed by atoms with Crippen LogP contribution < -0.4 is 0 Å². The summed E-state index contributed by atoms with van der Waals surface area (Å²) in [6.07, 6.45) is 1.63. The number of hydrogen-bond donors (Lipinski definition) is 0. The summed E-state index contributed by atoms with van der Waals surface area (Å²) < 4.78 is 12.4. The second-order valence-corrected chi connectivity index (χ2v) is 5.70. The molecule has 0 saturated carbocycles. The van der Waals surface area contributed by atoms with Crippen molar-refractivity contribution in [1.29, 1.82) is 0 Å². The zero-order chi connectivity index (χ0) is 13.2. The van der Waals surface area contributed by atoms with E-state index in [1.165, 1.54) is 23.3 Å². The Hall–Kier alpha value is -1.67. The molecule has 19 heavy (non-hydrogen) atoms. The van der Waals surface area contributed by atoms with Crippen LogP contribution in [0.5, 0.6) is 0 Å². The van der Waals surface area contributed by atoms with E-state index in [-0.39, 0.29) is 0 Å². The van der Waals surface area contributed by atoms with E-state index in [0.29, 0.717) is 0 Å². The minimum Gasteiger partial charge on any atom is -0.461 e. The Morgan fingerprint density at radius 3 is 2.95 bits per heavy atom. The van der Waals surface area contributed by atoms with Crippen molar-refractivity contribution in [1.82, 2.24) is 24.1 Å². The lowest BCUT2D eigenvalue weighted by atomic mass is 10.4. The molecule has 0 aliphatic heterocycles. The summed E-state index contributed by atoms with van der Waals surface area (Å²) >= 11 is 2.84. The fourth-order valence-corrected chi connectivity index (χ4v) is 3.28. The van der Waals surface area contributed by atoms with Gasteiger partial charge in [0.15, 0.2) is 21.1 Å². The number of hydrogen-bond acceptors (Lipinski definition) is 7. The SMILES string of the molecule is CCn1c(Sc2nc(C)ns2)nnc1-c1ccco1. The van der Waals surface area contributed by atoms with Gasteiger partial charge in [0.25, 0.3) is 0 Å². The number of aryl methyl sites for hydroxylation is 1. The van der Waals surface area contributed by atoms with Crippen molar-refractivity contribution < 1.29 is 4.42 Å². The third-order valence-electron chi connectivity index (χ3n) is 2.46. The lowest BCUT2D eigenvalue weighted by molar-refractivity contribution is 0.567. The molecule has 0 spiro atoms. The minimum absolute atomic E-state index is 0.717. The molecule has 0 saturated heterocycles. The average molecular weight is 293 g/mol. The second-order valence-electron chi connectivity index (χ2n) is 3.74. The van der Waals surface area contributed by atoms with Crippen molar-refractivity contribution in [2.24, 2.45) is 0 Å². The van der Waals surface area contributed by atoms with E-state index < -0.39 is 0 Å². The largest absolute Gasteiger partial charge is 0.461 e. The van der Waals surface area contributed by atoms with Crippen LogP contribution in [0.15, 0.2) is 32.3 Å². The Balaban J connectivity index is 1.94. The molecule has 0 atom stereocenters. The highest BCUT2D eigenvalue weighted by atomic mass is 32.2. The van der Waals surface area contributed by atoms with Crippen molar-refractivity contribution >= 4 is 23.3 Å². The van der Waals surface area contributed by atoms with E-state index in [2.05, 4.69) is 19.6 Å². The Bertz CT molecular complexity index is 673. The predicted octanol–water partition coefficient (Wildman–Crippen LogP) is 2.87. The summed E-state index contributed by atoms with van der Waals surface area (Å²) in [7, 11) is 0. The van der Waals surface area contributed by atoms with Crippen LogP contribution in [0.3, 0.4) is 0 Å². The molecule has 0 bridgehead atoms. The molecule has 8 heteroatoms. The molecule has 0 radical (unpaired) electrons. The molecule has 0 unspecified atom stereocenters. The van der Waals surface area contributed by atoms with Gasteiger partial charge in [0.2, 0.25) is 0 Å². The molecule has 0 amide bonds. The number of furan rings is 1. The van der Waals surface area contributed by atoms with Crippen molar-refractivity contribution in [3.05, 3.63) is 24.2 Å². The van der Waals surface area contributed by atoms with Gasteiger partial charge in [-0.25, -0.2) is 4.98 Å².